The third-order valence-electron chi connectivity index (χ3n) is 4.61. The minimum absolute atomic E-state index is 0.0711. The van der Waals surface area contributed by atoms with Gasteiger partial charge in [0.25, 0.3) is 5.91 Å². The number of ether oxygens (including phenoxy) is 2. The average Bonchev–Trinajstić information content (AvgIpc) is 2.91. The van der Waals surface area contributed by atoms with Gasteiger partial charge in [-0.15, -0.1) is 13.2 Å². The van der Waals surface area contributed by atoms with E-state index < -0.39 is 41.8 Å². The summed E-state index contributed by atoms with van der Waals surface area (Å²) in [7, 11) is 0. The molecule has 2 aromatic rings. The van der Waals surface area contributed by atoms with Crippen LogP contribution in [0.3, 0.4) is 0 Å². The van der Waals surface area contributed by atoms with Gasteiger partial charge in [0.1, 0.15) is 17.7 Å². The molecule has 0 radical (unpaired) electrons. The minimum atomic E-state index is -5.05. The summed E-state index contributed by atoms with van der Waals surface area (Å²) in [6, 6.07) is 6.00. The number of hydrogen-bond acceptors (Lipinski definition) is 4. The molecular formula is C20H18F5NO4. The zero-order valence-corrected chi connectivity index (χ0v) is 15.7. The number of benzene rings is 2. The van der Waals surface area contributed by atoms with Crippen molar-refractivity contribution in [1.82, 2.24) is 4.90 Å². The molecule has 0 aliphatic carbocycles. The molecule has 3 rings (SSSR count). The zero-order valence-electron chi connectivity index (χ0n) is 15.7. The van der Waals surface area contributed by atoms with E-state index in [1.165, 1.54) is 18.2 Å². The number of carbonyl (C=O) groups is 1. The van der Waals surface area contributed by atoms with Crippen LogP contribution in [0.4, 0.5) is 22.0 Å². The number of nitrogens with zero attached hydrogens (tertiary/aromatic N) is 1. The summed E-state index contributed by atoms with van der Waals surface area (Å²) in [5, 5.41) is 10.0. The Morgan fingerprint density at radius 1 is 1.13 bits per heavy atom. The standard InChI is InChI=1S/C20H18F5NO4/c1-2-29-17-5-3-4-12(21)18(17)14-9-15(27)19(28)26(14)10-11-6-7-16(13(22)8-11)30-20(23,24)25/h3-8,14-15,27H,2,9-10H2,1H3/t14-,15+/m0/s1. The van der Waals surface area contributed by atoms with Crippen LogP contribution in [0.25, 0.3) is 0 Å². The minimum Gasteiger partial charge on any atom is -0.493 e. The van der Waals surface area contributed by atoms with Crippen molar-refractivity contribution in [2.75, 3.05) is 6.61 Å². The van der Waals surface area contributed by atoms with Crippen LogP contribution >= 0.6 is 0 Å². The molecule has 1 amide bonds. The van der Waals surface area contributed by atoms with E-state index in [9.17, 15) is 31.9 Å². The van der Waals surface area contributed by atoms with Crippen molar-refractivity contribution in [2.24, 2.45) is 0 Å². The highest BCUT2D eigenvalue weighted by Gasteiger charge is 2.42. The van der Waals surface area contributed by atoms with E-state index in [0.717, 1.165) is 23.1 Å². The maximum Gasteiger partial charge on any atom is 0.573 e. The molecule has 1 saturated heterocycles. The smallest absolute Gasteiger partial charge is 0.493 e. The van der Waals surface area contributed by atoms with Crippen molar-refractivity contribution in [3.05, 3.63) is 59.2 Å². The second kappa shape index (κ2) is 8.47. The number of aliphatic hydroxyl groups is 1. The Bertz CT molecular complexity index is 934. The number of alkyl halides is 3. The van der Waals surface area contributed by atoms with Crippen LogP contribution < -0.4 is 9.47 Å². The highest BCUT2D eigenvalue weighted by Crippen LogP contribution is 2.40. The SMILES string of the molecule is CCOc1cccc(F)c1[C@@H]1C[C@@H](O)C(=O)N1Cc1ccc(OC(F)(F)F)c(F)c1. The van der Waals surface area contributed by atoms with Gasteiger partial charge in [0, 0.05) is 13.0 Å². The molecule has 1 aliphatic heterocycles. The molecule has 0 unspecified atom stereocenters. The number of aliphatic hydroxyl groups excluding tert-OH is 1. The first-order chi connectivity index (χ1) is 14.1. The number of carbonyl (C=O) groups excluding carboxylic acids is 1. The Hall–Kier alpha value is -2.88. The molecule has 162 valence electrons. The van der Waals surface area contributed by atoms with E-state index in [0.29, 0.717) is 0 Å². The number of hydrogen-bond donors (Lipinski definition) is 1. The van der Waals surface area contributed by atoms with Crippen LogP contribution in [-0.2, 0) is 11.3 Å². The van der Waals surface area contributed by atoms with Gasteiger partial charge in [0.05, 0.1) is 18.2 Å². The molecule has 30 heavy (non-hydrogen) atoms. The summed E-state index contributed by atoms with van der Waals surface area (Å²) in [5.74, 6) is -3.42. The molecule has 2 aromatic carbocycles. The Balaban J connectivity index is 1.91. The molecule has 0 aromatic heterocycles. The van der Waals surface area contributed by atoms with Crippen LogP contribution in [0.1, 0.15) is 30.5 Å². The first-order valence-electron chi connectivity index (χ1n) is 9.04. The lowest BCUT2D eigenvalue weighted by molar-refractivity contribution is -0.275. The van der Waals surface area contributed by atoms with Crippen molar-refractivity contribution in [2.45, 2.75) is 38.4 Å². The second-order valence-electron chi connectivity index (χ2n) is 6.63. The Kier molecular flexibility index (Phi) is 6.16. The molecule has 10 heteroatoms. The lowest BCUT2D eigenvalue weighted by atomic mass is 10.0. The van der Waals surface area contributed by atoms with E-state index in [1.807, 2.05) is 0 Å². The molecule has 1 fully saturated rings. The Morgan fingerprint density at radius 2 is 1.87 bits per heavy atom. The first-order valence-corrected chi connectivity index (χ1v) is 9.04. The fourth-order valence-electron chi connectivity index (χ4n) is 3.42. The number of likely N-dealkylation sites (tertiary alicyclic amines) is 1. The van der Waals surface area contributed by atoms with Crippen molar-refractivity contribution >= 4 is 5.91 Å². The molecule has 1 aliphatic rings. The maximum atomic E-state index is 14.6. The van der Waals surface area contributed by atoms with Gasteiger partial charge in [0.15, 0.2) is 11.6 Å². The van der Waals surface area contributed by atoms with Gasteiger partial charge in [-0.1, -0.05) is 12.1 Å². The van der Waals surface area contributed by atoms with Crippen molar-refractivity contribution < 1.29 is 41.3 Å². The molecule has 0 spiro atoms. The number of halogens is 5. The number of amides is 1. The predicted molar refractivity (Wildman–Crippen MR) is 94.6 cm³/mol. The highest BCUT2D eigenvalue weighted by molar-refractivity contribution is 5.83. The summed E-state index contributed by atoms with van der Waals surface area (Å²) >= 11 is 0. The molecule has 1 N–H and O–H groups in total. The normalized spacial score (nSPS) is 19.3. The van der Waals surface area contributed by atoms with E-state index in [2.05, 4.69) is 4.74 Å². The molecular weight excluding hydrogens is 413 g/mol. The summed E-state index contributed by atoms with van der Waals surface area (Å²) in [5.41, 5.74) is 0.213. The van der Waals surface area contributed by atoms with Gasteiger partial charge in [-0.05, 0) is 36.8 Å². The van der Waals surface area contributed by atoms with E-state index >= 15 is 0 Å². The molecule has 0 saturated carbocycles. The lowest BCUT2D eigenvalue weighted by Crippen LogP contribution is -2.31. The maximum absolute atomic E-state index is 14.6. The van der Waals surface area contributed by atoms with Crippen molar-refractivity contribution in [1.29, 1.82) is 0 Å². The fourth-order valence-corrected chi connectivity index (χ4v) is 3.42. The quantitative estimate of drug-likeness (QED) is 0.700. The van der Waals surface area contributed by atoms with Crippen LogP contribution in [0.5, 0.6) is 11.5 Å². The van der Waals surface area contributed by atoms with E-state index in [-0.39, 0.29) is 36.4 Å². The number of rotatable bonds is 6. The van der Waals surface area contributed by atoms with Crippen molar-refractivity contribution in [3.8, 4) is 11.5 Å². The summed E-state index contributed by atoms with van der Waals surface area (Å²) in [4.78, 5) is 13.6. The van der Waals surface area contributed by atoms with Gasteiger partial charge in [0.2, 0.25) is 0 Å². The van der Waals surface area contributed by atoms with Crippen LogP contribution in [0, 0.1) is 11.6 Å². The molecule has 1 heterocycles. The largest absolute Gasteiger partial charge is 0.573 e. The molecule has 0 bridgehead atoms. The summed E-state index contributed by atoms with van der Waals surface area (Å²) in [6.07, 6.45) is -6.57. The van der Waals surface area contributed by atoms with Crippen LogP contribution in [0.15, 0.2) is 36.4 Å². The molecule has 2 atom stereocenters. The summed E-state index contributed by atoms with van der Waals surface area (Å²) in [6.45, 7) is 1.68. The lowest BCUT2D eigenvalue weighted by Gasteiger charge is -2.27. The van der Waals surface area contributed by atoms with Crippen molar-refractivity contribution in [3.63, 3.8) is 0 Å². The highest BCUT2D eigenvalue weighted by atomic mass is 19.4. The Morgan fingerprint density at radius 3 is 2.50 bits per heavy atom. The first kappa shape index (κ1) is 21.8. The third kappa shape index (κ3) is 4.64. The predicted octanol–water partition coefficient (Wildman–Crippen LogP) is 4.10. The van der Waals surface area contributed by atoms with E-state index in [1.54, 1.807) is 6.92 Å². The average molecular weight is 431 g/mol. The van der Waals surface area contributed by atoms with Crippen LogP contribution in [0.2, 0.25) is 0 Å². The van der Waals surface area contributed by atoms with Crippen LogP contribution in [-0.4, -0.2) is 35.0 Å². The molecule has 5 nitrogen and oxygen atoms in total. The Labute approximate surface area is 168 Å². The van der Waals surface area contributed by atoms with E-state index in [4.69, 9.17) is 4.74 Å². The third-order valence-corrected chi connectivity index (χ3v) is 4.61. The van der Waals surface area contributed by atoms with Gasteiger partial charge < -0.3 is 19.5 Å². The van der Waals surface area contributed by atoms with Gasteiger partial charge in [-0.3, -0.25) is 4.79 Å². The fraction of sp³-hybridized carbons (Fsp3) is 0.350. The van der Waals surface area contributed by atoms with Gasteiger partial charge in [-0.25, -0.2) is 8.78 Å². The topological polar surface area (TPSA) is 59.0 Å². The van der Waals surface area contributed by atoms with Gasteiger partial charge >= 0.3 is 6.36 Å². The monoisotopic (exact) mass is 431 g/mol. The zero-order chi connectivity index (χ0) is 22.1. The van der Waals surface area contributed by atoms with Gasteiger partial charge in [-0.2, -0.15) is 0 Å². The second-order valence-corrected chi connectivity index (χ2v) is 6.63. The summed E-state index contributed by atoms with van der Waals surface area (Å²) < 4.78 is 74.5.